The fourth-order valence-electron chi connectivity index (χ4n) is 2.22. The summed E-state index contributed by atoms with van der Waals surface area (Å²) in [5.74, 6) is 0.839. The van der Waals surface area contributed by atoms with Crippen LogP contribution in [0.5, 0.6) is 5.75 Å². The monoisotopic (exact) mass is 280 g/mol. The summed E-state index contributed by atoms with van der Waals surface area (Å²) in [5, 5.41) is 4.86. The van der Waals surface area contributed by atoms with Gasteiger partial charge in [0.25, 0.3) is 0 Å². The Morgan fingerprint density at radius 3 is 2.67 bits per heavy atom. The zero-order valence-corrected chi connectivity index (χ0v) is 11.8. The van der Waals surface area contributed by atoms with E-state index in [0.717, 1.165) is 11.3 Å². The van der Waals surface area contributed by atoms with Gasteiger partial charge in [0.1, 0.15) is 12.4 Å². The molecule has 0 N–H and O–H groups in total. The minimum absolute atomic E-state index is 0.0543. The van der Waals surface area contributed by atoms with Gasteiger partial charge < -0.3 is 4.74 Å². The van der Waals surface area contributed by atoms with Crippen LogP contribution < -0.4 is 10.2 Å². The van der Waals surface area contributed by atoms with Crippen LogP contribution in [0.15, 0.2) is 59.5 Å². The summed E-state index contributed by atoms with van der Waals surface area (Å²) >= 11 is 0. The van der Waals surface area contributed by atoms with Crippen molar-refractivity contribution in [2.24, 2.45) is 0 Å². The number of nitrogens with zero attached hydrogens (tertiary/aromatic N) is 2. The van der Waals surface area contributed by atoms with E-state index in [1.165, 1.54) is 11.8 Å². The molecule has 4 nitrogen and oxygen atoms in total. The Bertz CT molecular complexity index is 807. The van der Waals surface area contributed by atoms with Gasteiger partial charge in [-0.25, -0.2) is 0 Å². The standard InChI is InChI=1S/C17H16N2O2/c1-13-6-8-14(9-7-13)21-11-10-19-16-5-3-2-4-15(16)17(20)12-18-19/h2-9,12H,10-11H2,1H3. The molecular formula is C17H16N2O2. The average Bonchev–Trinajstić information content (AvgIpc) is 2.52. The van der Waals surface area contributed by atoms with Gasteiger partial charge >= 0.3 is 0 Å². The van der Waals surface area contributed by atoms with Crippen molar-refractivity contribution in [3.05, 3.63) is 70.5 Å². The van der Waals surface area contributed by atoms with Crippen LogP contribution in [-0.4, -0.2) is 16.4 Å². The molecule has 1 aromatic heterocycles. The molecule has 1 heterocycles. The number of fused-ring (bicyclic) bond motifs is 1. The highest BCUT2D eigenvalue weighted by Crippen LogP contribution is 2.12. The highest BCUT2D eigenvalue weighted by molar-refractivity contribution is 5.77. The molecule has 0 atom stereocenters. The molecule has 0 unspecified atom stereocenters. The first-order chi connectivity index (χ1) is 10.2. The molecule has 0 aliphatic rings. The van der Waals surface area contributed by atoms with Gasteiger partial charge in [-0.15, -0.1) is 0 Å². The van der Waals surface area contributed by atoms with Crippen LogP contribution in [0.1, 0.15) is 5.56 Å². The topological polar surface area (TPSA) is 44.1 Å². The van der Waals surface area contributed by atoms with Crippen molar-refractivity contribution in [2.45, 2.75) is 13.5 Å². The smallest absolute Gasteiger partial charge is 0.207 e. The van der Waals surface area contributed by atoms with Gasteiger partial charge in [-0.05, 0) is 31.2 Å². The number of aromatic nitrogens is 2. The lowest BCUT2D eigenvalue weighted by atomic mass is 10.2. The zero-order valence-electron chi connectivity index (χ0n) is 11.8. The SMILES string of the molecule is Cc1ccc(OCCn2ncc(=O)c3ccccc32)cc1. The molecule has 0 bridgehead atoms. The Morgan fingerprint density at radius 1 is 1.10 bits per heavy atom. The molecule has 0 radical (unpaired) electrons. The molecule has 2 aromatic carbocycles. The highest BCUT2D eigenvalue weighted by atomic mass is 16.5. The fraction of sp³-hybridized carbons (Fsp3) is 0.176. The maximum absolute atomic E-state index is 11.8. The van der Waals surface area contributed by atoms with E-state index in [4.69, 9.17) is 4.74 Å². The van der Waals surface area contributed by atoms with Crippen LogP contribution >= 0.6 is 0 Å². The van der Waals surface area contributed by atoms with Gasteiger partial charge in [0, 0.05) is 5.39 Å². The zero-order chi connectivity index (χ0) is 14.7. The molecule has 0 amide bonds. The largest absolute Gasteiger partial charge is 0.492 e. The Hall–Kier alpha value is -2.62. The Balaban J connectivity index is 1.75. The molecule has 3 aromatic rings. The molecule has 0 aliphatic heterocycles. The van der Waals surface area contributed by atoms with Crippen molar-refractivity contribution in [3.63, 3.8) is 0 Å². The Morgan fingerprint density at radius 2 is 1.86 bits per heavy atom. The number of para-hydroxylation sites is 1. The molecule has 0 saturated carbocycles. The van der Waals surface area contributed by atoms with Gasteiger partial charge in [0.05, 0.1) is 18.3 Å². The van der Waals surface area contributed by atoms with Crippen LogP contribution in [-0.2, 0) is 6.54 Å². The third-order valence-electron chi connectivity index (χ3n) is 3.35. The lowest BCUT2D eigenvalue weighted by Gasteiger charge is -2.10. The van der Waals surface area contributed by atoms with Gasteiger partial charge in [0.15, 0.2) is 0 Å². The van der Waals surface area contributed by atoms with Crippen LogP contribution in [0, 0.1) is 6.92 Å². The summed E-state index contributed by atoms with van der Waals surface area (Å²) in [6, 6.07) is 15.4. The first-order valence-electron chi connectivity index (χ1n) is 6.88. The van der Waals surface area contributed by atoms with Crippen LogP contribution in [0.4, 0.5) is 0 Å². The van der Waals surface area contributed by atoms with Crippen molar-refractivity contribution < 1.29 is 4.74 Å². The first kappa shape index (κ1) is 13.4. The minimum Gasteiger partial charge on any atom is -0.492 e. The number of hydrogen-bond acceptors (Lipinski definition) is 3. The summed E-state index contributed by atoms with van der Waals surface area (Å²) in [4.78, 5) is 11.8. The maximum atomic E-state index is 11.8. The van der Waals surface area contributed by atoms with Crippen LogP contribution in [0.2, 0.25) is 0 Å². The Kier molecular flexibility index (Phi) is 3.69. The first-order valence-corrected chi connectivity index (χ1v) is 6.88. The average molecular weight is 280 g/mol. The third-order valence-corrected chi connectivity index (χ3v) is 3.35. The minimum atomic E-state index is -0.0543. The number of rotatable bonds is 4. The number of hydrogen-bond donors (Lipinski definition) is 0. The van der Waals surface area contributed by atoms with Crippen LogP contribution in [0.3, 0.4) is 0 Å². The van der Waals surface area contributed by atoms with Gasteiger partial charge in [0.2, 0.25) is 5.43 Å². The van der Waals surface area contributed by atoms with E-state index in [0.29, 0.717) is 18.5 Å². The second-order valence-electron chi connectivity index (χ2n) is 4.91. The quantitative estimate of drug-likeness (QED) is 0.738. The summed E-state index contributed by atoms with van der Waals surface area (Å²) < 4.78 is 7.50. The molecule has 106 valence electrons. The van der Waals surface area contributed by atoms with Gasteiger partial charge in [-0.1, -0.05) is 29.8 Å². The van der Waals surface area contributed by atoms with E-state index >= 15 is 0 Å². The molecule has 0 aliphatic carbocycles. The normalized spacial score (nSPS) is 10.7. The van der Waals surface area contributed by atoms with Crippen molar-refractivity contribution in [1.29, 1.82) is 0 Å². The van der Waals surface area contributed by atoms with Crippen molar-refractivity contribution in [2.75, 3.05) is 6.61 Å². The molecular weight excluding hydrogens is 264 g/mol. The molecule has 4 heteroatoms. The van der Waals surface area contributed by atoms with E-state index in [2.05, 4.69) is 5.10 Å². The van der Waals surface area contributed by atoms with E-state index in [-0.39, 0.29) is 5.43 Å². The maximum Gasteiger partial charge on any atom is 0.207 e. The predicted octanol–water partition coefficient (Wildman–Crippen LogP) is 2.78. The van der Waals surface area contributed by atoms with E-state index in [9.17, 15) is 4.79 Å². The van der Waals surface area contributed by atoms with Crippen LogP contribution in [0.25, 0.3) is 10.9 Å². The summed E-state index contributed by atoms with van der Waals surface area (Å²) in [6.45, 7) is 3.14. The summed E-state index contributed by atoms with van der Waals surface area (Å²) in [5.41, 5.74) is 1.98. The Labute approximate surface area is 122 Å². The highest BCUT2D eigenvalue weighted by Gasteiger charge is 2.03. The second-order valence-corrected chi connectivity index (χ2v) is 4.91. The fourth-order valence-corrected chi connectivity index (χ4v) is 2.22. The molecule has 3 rings (SSSR count). The number of aryl methyl sites for hydroxylation is 1. The van der Waals surface area contributed by atoms with Crippen molar-refractivity contribution in [1.82, 2.24) is 9.78 Å². The summed E-state index contributed by atoms with van der Waals surface area (Å²) in [7, 11) is 0. The molecule has 21 heavy (non-hydrogen) atoms. The van der Waals surface area contributed by atoms with Crippen molar-refractivity contribution in [3.8, 4) is 5.75 Å². The second kappa shape index (κ2) is 5.79. The lowest BCUT2D eigenvalue weighted by molar-refractivity contribution is 0.293. The third kappa shape index (κ3) is 2.94. The van der Waals surface area contributed by atoms with Gasteiger partial charge in [-0.2, -0.15) is 5.10 Å². The number of benzene rings is 2. The summed E-state index contributed by atoms with van der Waals surface area (Å²) in [6.07, 6.45) is 1.36. The predicted molar refractivity (Wildman–Crippen MR) is 82.7 cm³/mol. The van der Waals surface area contributed by atoms with E-state index in [1.807, 2.05) is 55.5 Å². The van der Waals surface area contributed by atoms with Crippen molar-refractivity contribution >= 4 is 10.9 Å². The molecule has 0 fully saturated rings. The van der Waals surface area contributed by atoms with E-state index < -0.39 is 0 Å². The van der Waals surface area contributed by atoms with Gasteiger partial charge in [-0.3, -0.25) is 9.48 Å². The molecule has 0 spiro atoms. The van der Waals surface area contributed by atoms with E-state index in [1.54, 1.807) is 4.68 Å². The lowest BCUT2D eigenvalue weighted by Crippen LogP contribution is -2.16. The molecule has 0 saturated heterocycles. The number of ether oxygens (including phenoxy) is 1.